The van der Waals surface area contributed by atoms with Crippen LogP contribution in [0.15, 0.2) is 41.3 Å². The van der Waals surface area contributed by atoms with E-state index >= 15 is 0 Å². The van der Waals surface area contributed by atoms with Crippen molar-refractivity contribution in [1.29, 1.82) is 0 Å². The summed E-state index contributed by atoms with van der Waals surface area (Å²) in [4.78, 5) is 16.6. The molecule has 2 heterocycles. The van der Waals surface area contributed by atoms with Gasteiger partial charge < -0.3 is 4.90 Å². The highest BCUT2D eigenvalue weighted by molar-refractivity contribution is 7.86. The number of pyridine rings is 1. The second-order valence-corrected chi connectivity index (χ2v) is 9.84. The lowest BCUT2D eigenvalue weighted by molar-refractivity contribution is -0.350. The summed E-state index contributed by atoms with van der Waals surface area (Å²) in [5.41, 5.74) is -7.74. The monoisotopic (exact) mass is 512 g/mol. The molecule has 1 saturated heterocycles. The van der Waals surface area contributed by atoms with Crippen molar-refractivity contribution in [3.63, 3.8) is 0 Å². The predicted octanol–water partition coefficient (Wildman–Crippen LogP) is 4.69. The number of halogens is 8. The lowest BCUT2D eigenvalue weighted by Crippen LogP contribution is -2.52. The van der Waals surface area contributed by atoms with Gasteiger partial charge in [-0.05, 0) is 55.2 Å². The molecule has 4 nitrogen and oxygen atoms in total. The number of aryl methyl sites for hydroxylation is 1. The van der Waals surface area contributed by atoms with Crippen molar-refractivity contribution >= 4 is 17.2 Å². The van der Waals surface area contributed by atoms with Gasteiger partial charge in [-0.2, -0.15) is 26.3 Å². The van der Waals surface area contributed by atoms with Gasteiger partial charge in [0.05, 0.1) is 27.3 Å². The zero-order chi connectivity index (χ0) is 25.1. The zero-order valence-corrected chi connectivity index (χ0v) is 17.9. The highest BCUT2D eigenvalue weighted by Gasteiger charge is 2.74. The summed E-state index contributed by atoms with van der Waals surface area (Å²) in [5.74, 6) is -0.607. The van der Waals surface area contributed by atoms with Crippen LogP contribution in [0.3, 0.4) is 0 Å². The van der Waals surface area contributed by atoms with Crippen LogP contribution in [-0.2, 0) is 32.4 Å². The molecule has 2 aliphatic rings. The number of fused-ring (bicyclic) bond motifs is 3. The van der Waals surface area contributed by atoms with Crippen LogP contribution in [0.5, 0.6) is 0 Å². The Morgan fingerprint density at radius 2 is 1.62 bits per heavy atom. The van der Waals surface area contributed by atoms with Gasteiger partial charge >= 0.3 is 18.0 Å². The normalized spacial score (nSPS) is 23.9. The van der Waals surface area contributed by atoms with Crippen LogP contribution in [0, 0.1) is 5.82 Å². The van der Waals surface area contributed by atoms with Crippen LogP contribution in [-0.4, -0.2) is 45.4 Å². The Bertz CT molecular complexity index is 1120. The highest BCUT2D eigenvalue weighted by Crippen LogP contribution is 2.54. The van der Waals surface area contributed by atoms with E-state index in [2.05, 4.69) is 4.98 Å². The Hall–Kier alpha value is -2.57. The van der Waals surface area contributed by atoms with Gasteiger partial charge in [0.15, 0.2) is 0 Å². The van der Waals surface area contributed by atoms with Crippen LogP contribution in [0.4, 0.5) is 35.1 Å². The van der Waals surface area contributed by atoms with Crippen LogP contribution < -0.4 is 0 Å². The van der Waals surface area contributed by atoms with Gasteiger partial charge in [-0.15, -0.1) is 0 Å². The molecular weight excluding hydrogens is 496 g/mol. The first-order valence-corrected chi connectivity index (χ1v) is 11.1. The third kappa shape index (κ3) is 3.42. The largest absolute Gasteiger partial charge is 0.437 e. The number of nitrogens with zero attached hydrogens (tertiary/aromatic N) is 2. The summed E-state index contributed by atoms with van der Waals surface area (Å²) in [5, 5.41) is 0. The molecule has 0 radical (unpaired) electrons. The van der Waals surface area contributed by atoms with Crippen molar-refractivity contribution in [3.05, 3.63) is 59.2 Å². The maximum absolute atomic E-state index is 14.6. The fourth-order valence-electron chi connectivity index (χ4n) is 4.80. The van der Waals surface area contributed by atoms with E-state index in [9.17, 15) is 44.1 Å². The van der Waals surface area contributed by atoms with E-state index in [1.165, 1.54) is 17.0 Å². The standard InChI is InChI=1S/C21H16F8N2O2S/c22-12-1-3-13(4-2-12)34(33)18-9-10-31(11-32)17(18)8-6-15-14(18)5-7-16(30-15)19(23,20(24,25)26)21(27,28)29/h1-5,7,11,17H,6,8-10H2. The molecule has 0 saturated carbocycles. The second-order valence-electron chi connectivity index (χ2n) is 8.10. The van der Waals surface area contributed by atoms with Crippen molar-refractivity contribution < 1.29 is 44.1 Å². The third-order valence-electron chi connectivity index (χ3n) is 6.39. The molecule has 1 aliphatic carbocycles. The average Bonchev–Trinajstić information content (AvgIpc) is 3.16. The number of aromatic nitrogens is 1. The second kappa shape index (κ2) is 7.99. The fraction of sp³-hybridized carbons (Fsp3) is 0.429. The van der Waals surface area contributed by atoms with Gasteiger partial charge in [0.2, 0.25) is 6.41 Å². The Labute approximate surface area is 190 Å². The number of carbonyl (C=O) groups is 1. The molecular formula is C21H16F8N2O2S. The van der Waals surface area contributed by atoms with Gasteiger partial charge in [-0.25, -0.2) is 8.78 Å². The molecule has 1 aromatic heterocycles. The molecule has 1 aliphatic heterocycles. The topological polar surface area (TPSA) is 50.3 Å². The number of hydrogen-bond donors (Lipinski definition) is 0. The zero-order valence-electron chi connectivity index (χ0n) is 17.1. The summed E-state index contributed by atoms with van der Waals surface area (Å²) in [6, 6.07) is 5.09. The average molecular weight is 512 g/mol. The number of benzene rings is 1. The van der Waals surface area contributed by atoms with E-state index in [0.717, 1.165) is 18.2 Å². The van der Waals surface area contributed by atoms with Gasteiger partial charge in [-0.3, -0.25) is 14.0 Å². The minimum absolute atomic E-state index is 0.0342. The SMILES string of the molecule is O=CN1CCC2(S(=O)c3ccc(F)cc3)c3ccc(C(F)(C(F)(F)F)C(F)(F)F)nc3CCC12. The molecule has 3 atom stereocenters. The van der Waals surface area contributed by atoms with Crippen molar-refractivity contribution in [2.45, 2.75) is 53.0 Å². The number of hydrogen-bond acceptors (Lipinski definition) is 3. The Morgan fingerprint density at radius 1 is 1.00 bits per heavy atom. The fourth-order valence-corrected chi connectivity index (χ4v) is 6.77. The molecule has 34 heavy (non-hydrogen) atoms. The van der Waals surface area contributed by atoms with Crippen molar-refractivity contribution in [1.82, 2.24) is 9.88 Å². The number of rotatable bonds is 4. The lowest BCUT2D eigenvalue weighted by Gasteiger charge is -2.41. The van der Waals surface area contributed by atoms with E-state index < -0.39 is 51.1 Å². The molecule has 3 unspecified atom stereocenters. The lowest BCUT2D eigenvalue weighted by atomic mass is 9.80. The molecule has 0 bridgehead atoms. The number of amides is 1. The molecule has 2 aromatic rings. The highest BCUT2D eigenvalue weighted by atomic mass is 32.2. The van der Waals surface area contributed by atoms with Gasteiger partial charge in [0, 0.05) is 17.1 Å². The smallest absolute Gasteiger partial charge is 0.340 e. The van der Waals surface area contributed by atoms with Crippen LogP contribution in [0.25, 0.3) is 0 Å². The quantitative estimate of drug-likeness (QED) is 0.441. The van der Waals surface area contributed by atoms with E-state index in [1.807, 2.05) is 0 Å². The summed E-state index contributed by atoms with van der Waals surface area (Å²) >= 11 is 0. The van der Waals surface area contributed by atoms with Gasteiger partial charge in [0.25, 0.3) is 0 Å². The van der Waals surface area contributed by atoms with E-state index in [-0.39, 0.29) is 42.0 Å². The molecule has 4 rings (SSSR count). The van der Waals surface area contributed by atoms with Gasteiger partial charge in [-0.1, -0.05) is 6.07 Å². The molecule has 1 fully saturated rings. The molecule has 1 amide bonds. The molecule has 0 spiro atoms. The molecule has 13 heteroatoms. The first-order chi connectivity index (χ1) is 15.8. The van der Waals surface area contributed by atoms with E-state index in [4.69, 9.17) is 0 Å². The summed E-state index contributed by atoms with van der Waals surface area (Å²) in [6.07, 6.45) is -12.2. The number of carbonyl (C=O) groups excluding carboxylic acids is 1. The van der Waals surface area contributed by atoms with Crippen molar-refractivity contribution in [3.8, 4) is 0 Å². The Balaban J connectivity index is 1.90. The van der Waals surface area contributed by atoms with E-state index in [0.29, 0.717) is 12.5 Å². The number of alkyl halides is 7. The first kappa shape index (κ1) is 24.6. The Kier molecular flexibility index (Phi) is 5.77. The third-order valence-corrected chi connectivity index (χ3v) is 8.45. The summed E-state index contributed by atoms with van der Waals surface area (Å²) in [7, 11) is -2.00. The van der Waals surface area contributed by atoms with Crippen molar-refractivity contribution in [2.75, 3.05) is 6.54 Å². The first-order valence-electron chi connectivity index (χ1n) is 9.99. The summed E-state index contributed by atoms with van der Waals surface area (Å²) < 4.78 is 120. The molecule has 1 aromatic carbocycles. The number of likely N-dealkylation sites (tertiary alicyclic amines) is 1. The van der Waals surface area contributed by atoms with E-state index in [1.54, 1.807) is 0 Å². The molecule has 0 N–H and O–H groups in total. The minimum atomic E-state index is -6.32. The summed E-state index contributed by atoms with van der Waals surface area (Å²) in [6.45, 7) is 0.125. The van der Waals surface area contributed by atoms with Gasteiger partial charge in [0.1, 0.15) is 5.82 Å². The van der Waals surface area contributed by atoms with Crippen LogP contribution in [0.2, 0.25) is 0 Å². The maximum atomic E-state index is 14.6. The van der Waals surface area contributed by atoms with Crippen LogP contribution in [0.1, 0.15) is 29.8 Å². The van der Waals surface area contributed by atoms with Crippen molar-refractivity contribution in [2.24, 2.45) is 0 Å². The maximum Gasteiger partial charge on any atom is 0.437 e. The van der Waals surface area contributed by atoms with Crippen LogP contribution >= 0.6 is 0 Å². The molecule has 184 valence electrons. The Morgan fingerprint density at radius 3 is 2.18 bits per heavy atom. The predicted molar refractivity (Wildman–Crippen MR) is 103 cm³/mol. The minimum Gasteiger partial charge on any atom is -0.340 e.